The van der Waals surface area contributed by atoms with Crippen LogP contribution in [-0.4, -0.2) is 38.2 Å². The van der Waals surface area contributed by atoms with E-state index in [0.29, 0.717) is 22.3 Å². The van der Waals surface area contributed by atoms with E-state index in [0.717, 1.165) is 31.4 Å². The van der Waals surface area contributed by atoms with Gasteiger partial charge in [-0.15, -0.1) is 0 Å². The Hall–Kier alpha value is -1.63. The first kappa shape index (κ1) is 16.2. The number of rotatable bonds is 6. The lowest BCUT2D eigenvalue weighted by atomic mass is 9.83. The molecule has 1 aromatic heterocycles. The number of aromatic nitrogens is 1. The predicted octanol–water partition coefficient (Wildman–Crippen LogP) is 1.85. The molecule has 1 atom stereocenters. The standard InChI is InChI=1S/C17H22N2O3S/c20-9-8-19-11-14-3-1-2-13-10-15(4-5-17(13)14)23(21,22)16-6-7-18-12-16/h4-7,10,12,14,18-20H,1-3,8-9,11H2. The molecule has 0 saturated carbocycles. The third-order valence-corrected chi connectivity index (χ3v) is 6.17. The normalized spacial score (nSPS) is 17.9. The summed E-state index contributed by atoms with van der Waals surface area (Å²) >= 11 is 0. The number of sulfone groups is 1. The summed E-state index contributed by atoms with van der Waals surface area (Å²) in [5, 5.41) is 12.1. The first-order valence-electron chi connectivity index (χ1n) is 7.95. The van der Waals surface area contributed by atoms with Crippen molar-refractivity contribution < 1.29 is 13.5 Å². The molecule has 1 unspecified atom stereocenters. The Morgan fingerprint density at radius 3 is 2.87 bits per heavy atom. The Balaban J connectivity index is 1.88. The highest BCUT2D eigenvalue weighted by atomic mass is 32.2. The van der Waals surface area contributed by atoms with E-state index in [4.69, 9.17) is 5.11 Å². The first-order valence-corrected chi connectivity index (χ1v) is 9.43. The zero-order valence-corrected chi connectivity index (χ0v) is 13.8. The number of hydrogen-bond donors (Lipinski definition) is 3. The summed E-state index contributed by atoms with van der Waals surface area (Å²) in [7, 11) is -3.45. The molecule has 6 heteroatoms. The topological polar surface area (TPSA) is 82.2 Å². The Morgan fingerprint density at radius 1 is 1.26 bits per heavy atom. The van der Waals surface area contributed by atoms with Crippen LogP contribution in [0.2, 0.25) is 0 Å². The van der Waals surface area contributed by atoms with Crippen molar-refractivity contribution in [3.05, 3.63) is 47.8 Å². The molecule has 0 aliphatic heterocycles. The summed E-state index contributed by atoms with van der Waals surface area (Å²) in [6.45, 7) is 1.54. The van der Waals surface area contributed by atoms with E-state index < -0.39 is 9.84 Å². The average molecular weight is 334 g/mol. The van der Waals surface area contributed by atoms with Gasteiger partial charge in [-0.25, -0.2) is 8.42 Å². The third-order valence-electron chi connectivity index (χ3n) is 4.42. The van der Waals surface area contributed by atoms with Gasteiger partial charge in [0.1, 0.15) is 0 Å². The highest BCUT2D eigenvalue weighted by Gasteiger charge is 2.24. The van der Waals surface area contributed by atoms with Gasteiger partial charge in [0.25, 0.3) is 0 Å². The maximum Gasteiger partial charge on any atom is 0.208 e. The van der Waals surface area contributed by atoms with Gasteiger partial charge in [-0.05, 0) is 54.5 Å². The lowest BCUT2D eigenvalue weighted by Crippen LogP contribution is -2.26. The van der Waals surface area contributed by atoms with Crippen LogP contribution in [0, 0.1) is 0 Å². The molecule has 124 valence electrons. The quantitative estimate of drug-likeness (QED) is 0.704. The van der Waals surface area contributed by atoms with E-state index in [9.17, 15) is 8.42 Å². The number of nitrogens with one attached hydrogen (secondary N) is 2. The van der Waals surface area contributed by atoms with E-state index >= 15 is 0 Å². The van der Waals surface area contributed by atoms with Crippen LogP contribution in [-0.2, 0) is 16.3 Å². The summed E-state index contributed by atoms with van der Waals surface area (Å²) in [5.41, 5.74) is 2.36. The molecule has 0 radical (unpaired) electrons. The van der Waals surface area contributed by atoms with E-state index in [1.807, 2.05) is 12.1 Å². The van der Waals surface area contributed by atoms with Gasteiger partial charge < -0.3 is 15.4 Å². The average Bonchev–Trinajstić information content (AvgIpc) is 3.10. The summed E-state index contributed by atoms with van der Waals surface area (Å²) in [6, 6.07) is 7.08. The monoisotopic (exact) mass is 334 g/mol. The first-order chi connectivity index (χ1) is 11.1. The van der Waals surface area contributed by atoms with Crippen molar-refractivity contribution >= 4 is 9.84 Å². The fourth-order valence-electron chi connectivity index (χ4n) is 3.24. The molecule has 0 spiro atoms. The van der Waals surface area contributed by atoms with Gasteiger partial charge in [-0.1, -0.05) is 6.07 Å². The van der Waals surface area contributed by atoms with Crippen molar-refractivity contribution in [1.82, 2.24) is 10.3 Å². The minimum atomic E-state index is -3.45. The van der Waals surface area contributed by atoms with Crippen molar-refractivity contribution in [1.29, 1.82) is 0 Å². The van der Waals surface area contributed by atoms with Crippen LogP contribution in [0.4, 0.5) is 0 Å². The second kappa shape index (κ2) is 6.86. The zero-order valence-electron chi connectivity index (χ0n) is 13.0. The molecular weight excluding hydrogens is 312 g/mol. The van der Waals surface area contributed by atoms with Gasteiger partial charge in [0.2, 0.25) is 9.84 Å². The van der Waals surface area contributed by atoms with Gasteiger partial charge in [0.15, 0.2) is 0 Å². The maximum absolute atomic E-state index is 12.6. The lowest BCUT2D eigenvalue weighted by Gasteiger charge is -2.26. The fraction of sp³-hybridized carbons (Fsp3) is 0.412. The molecule has 1 aliphatic carbocycles. The number of aliphatic hydroxyl groups excluding tert-OH is 1. The van der Waals surface area contributed by atoms with E-state index in [2.05, 4.69) is 10.3 Å². The largest absolute Gasteiger partial charge is 0.395 e. The smallest absolute Gasteiger partial charge is 0.208 e. The van der Waals surface area contributed by atoms with Crippen LogP contribution < -0.4 is 5.32 Å². The van der Waals surface area contributed by atoms with Crippen molar-refractivity contribution in [2.24, 2.45) is 0 Å². The SMILES string of the molecule is O=S(=O)(c1cc[nH]c1)c1ccc2c(c1)CCCC2CNCCO. The Morgan fingerprint density at radius 2 is 2.13 bits per heavy atom. The molecule has 1 heterocycles. The summed E-state index contributed by atoms with van der Waals surface area (Å²) in [6.07, 6.45) is 6.20. The van der Waals surface area contributed by atoms with Crippen LogP contribution in [0.25, 0.3) is 0 Å². The van der Waals surface area contributed by atoms with Crippen molar-refractivity contribution in [2.75, 3.05) is 19.7 Å². The molecule has 2 aromatic rings. The van der Waals surface area contributed by atoms with Crippen molar-refractivity contribution in [3.8, 4) is 0 Å². The number of aromatic amines is 1. The summed E-state index contributed by atoms with van der Waals surface area (Å²) in [5.74, 6) is 0.384. The molecule has 0 bridgehead atoms. The summed E-state index contributed by atoms with van der Waals surface area (Å²) < 4.78 is 25.2. The van der Waals surface area contributed by atoms with Crippen LogP contribution in [0.3, 0.4) is 0 Å². The van der Waals surface area contributed by atoms with Gasteiger partial charge in [0, 0.05) is 25.5 Å². The molecule has 1 aromatic carbocycles. The summed E-state index contributed by atoms with van der Waals surface area (Å²) in [4.78, 5) is 3.46. The third kappa shape index (κ3) is 3.34. The molecule has 23 heavy (non-hydrogen) atoms. The minimum Gasteiger partial charge on any atom is -0.395 e. The van der Waals surface area contributed by atoms with Crippen LogP contribution >= 0.6 is 0 Å². The van der Waals surface area contributed by atoms with Crippen LogP contribution in [0.5, 0.6) is 0 Å². The molecular formula is C17H22N2O3S. The molecule has 0 fully saturated rings. The number of benzene rings is 1. The molecule has 0 saturated heterocycles. The molecule has 3 N–H and O–H groups in total. The zero-order chi connectivity index (χ0) is 16.3. The highest BCUT2D eigenvalue weighted by molar-refractivity contribution is 7.91. The highest BCUT2D eigenvalue weighted by Crippen LogP contribution is 2.33. The van der Waals surface area contributed by atoms with Crippen LogP contribution in [0.1, 0.15) is 29.9 Å². The van der Waals surface area contributed by atoms with E-state index in [1.54, 1.807) is 18.3 Å². The van der Waals surface area contributed by atoms with Crippen LogP contribution in [0.15, 0.2) is 46.5 Å². The molecule has 3 rings (SSSR count). The molecule has 0 amide bonds. The van der Waals surface area contributed by atoms with E-state index in [1.165, 1.54) is 11.8 Å². The molecule has 5 nitrogen and oxygen atoms in total. The number of aryl methyl sites for hydroxylation is 1. The van der Waals surface area contributed by atoms with Crippen molar-refractivity contribution in [3.63, 3.8) is 0 Å². The predicted molar refractivity (Wildman–Crippen MR) is 88.3 cm³/mol. The molecule has 1 aliphatic rings. The number of fused-ring (bicyclic) bond motifs is 1. The van der Waals surface area contributed by atoms with Gasteiger partial charge >= 0.3 is 0 Å². The maximum atomic E-state index is 12.6. The minimum absolute atomic E-state index is 0.132. The Bertz CT molecular complexity index is 754. The van der Waals surface area contributed by atoms with Crippen molar-refractivity contribution in [2.45, 2.75) is 35.0 Å². The van der Waals surface area contributed by atoms with Gasteiger partial charge in [-0.3, -0.25) is 0 Å². The van der Waals surface area contributed by atoms with E-state index in [-0.39, 0.29) is 6.61 Å². The van der Waals surface area contributed by atoms with Gasteiger partial charge in [-0.2, -0.15) is 0 Å². The fourth-order valence-corrected chi connectivity index (χ4v) is 4.52. The lowest BCUT2D eigenvalue weighted by molar-refractivity contribution is 0.290. The Labute approximate surface area is 136 Å². The Kier molecular flexibility index (Phi) is 4.84. The number of aliphatic hydroxyl groups is 1. The van der Waals surface area contributed by atoms with Gasteiger partial charge in [0.05, 0.1) is 16.4 Å². The second-order valence-corrected chi connectivity index (χ2v) is 7.88. The second-order valence-electron chi connectivity index (χ2n) is 5.93. The number of hydrogen-bond acceptors (Lipinski definition) is 4. The number of H-pyrrole nitrogens is 1.